The summed E-state index contributed by atoms with van der Waals surface area (Å²) in [5, 5.41) is 23.3. The van der Waals surface area contributed by atoms with Crippen LogP contribution < -0.4 is 5.32 Å². The fraction of sp³-hybridized carbons (Fsp3) is 1.00. The lowest BCUT2D eigenvalue weighted by Crippen LogP contribution is -2.42. The van der Waals surface area contributed by atoms with Crippen LogP contribution in [0.1, 0.15) is 51.4 Å². The summed E-state index contributed by atoms with van der Waals surface area (Å²) in [4.78, 5) is 0. The Balaban J connectivity index is 1.66. The molecule has 0 bridgehead atoms. The quantitative estimate of drug-likeness (QED) is 0.681. The van der Waals surface area contributed by atoms with Gasteiger partial charge in [-0.3, -0.25) is 0 Å². The zero-order chi connectivity index (χ0) is 11.4. The van der Waals surface area contributed by atoms with Crippen molar-refractivity contribution in [3.63, 3.8) is 0 Å². The van der Waals surface area contributed by atoms with Crippen LogP contribution in [0.3, 0.4) is 0 Å². The first-order chi connectivity index (χ1) is 7.70. The molecule has 2 aliphatic rings. The molecule has 0 aromatic rings. The molecule has 2 aliphatic carbocycles. The molecular formula is C13H25NO2. The van der Waals surface area contributed by atoms with Gasteiger partial charge in [-0.2, -0.15) is 0 Å². The minimum Gasteiger partial charge on any atom is -0.393 e. The Morgan fingerprint density at radius 3 is 2.44 bits per heavy atom. The maximum Gasteiger partial charge on any atom is 0.0771 e. The Bertz CT molecular complexity index is 214. The van der Waals surface area contributed by atoms with E-state index in [0.29, 0.717) is 12.5 Å². The van der Waals surface area contributed by atoms with Crippen molar-refractivity contribution in [3.05, 3.63) is 0 Å². The molecule has 0 aromatic heterocycles. The highest BCUT2D eigenvalue weighted by Gasteiger charge is 2.31. The minimum atomic E-state index is -0.459. The number of rotatable bonds is 4. The Morgan fingerprint density at radius 1 is 1.06 bits per heavy atom. The molecule has 94 valence electrons. The van der Waals surface area contributed by atoms with Gasteiger partial charge in [-0.1, -0.05) is 25.7 Å². The molecule has 0 saturated heterocycles. The second-order valence-corrected chi connectivity index (χ2v) is 5.67. The van der Waals surface area contributed by atoms with Crippen molar-refractivity contribution in [2.45, 2.75) is 63.1 Å². The van der Waals surface area contributed by atoms with Gasteiger partial charge >= 0.3 is 0 Å². The Labute approximate surface area is 98.2 Å². The molecule has 2 unspecified atom stereocenters. The SMILES string of the molecule is OC1CCCCC1CNCC1(O)CCCC1. The van der Waals surface area contributed by atoms with Crippen LogP contribution in [-0.4, -0.2) is 35.0 Å². The highest BCUT2D eigenvalue weighted by Crippen LogP contribution is 2.29. The lowest BCUT2D eigenvalue weighted by Gasteiger charge is -2.29. The zero-order valence-electron chi connectivity index (χ0n) is 10.1. The van der Waals surface area contributed by atoms with Crippen LogP contribution in [0.25, 0.3) is 0 Å². The zero-order valence-corrected chi connectivity index (χ0v) is 10.1. The van der Waals surface area contributed by atoms with E-state index < -0.39 is 5.60 Å². The Kier molecular flexibility index (Phi) is 4.22. The predicted octanol–water partition coefficient (Wildman–Crippen LogP) is 1.43. The summed E-state index contributed by atoms with van der Waals surface area (Å²) in [7, 11) is 0. The molecule has 0 spiro atoms. The van der Waals surface area contributed by atoms with E-state index in [0.717, 1.165) is 45.1 Å². The summed E-state index contributed by atoms with van der Waals surface area (Å²) in [5.41, 5.74) is -0.459. The standard InChI is InChI=1S/C13H25NO2/c15-12-6-2-1-5-11(12)9-14-10-13(16)7-3-4-8-13/h11-12,14-16H,1-10H2. The summed E-state index contributed by atoms with van der Waals surface area (Å²) in [6, 6.07) is 0. The van der Waals surface area contributed by atoms with Crippen LogP contribution in [-0.2, 0) is 0 Å². The molecule has 3 nitrogen and oxygen atoms in total. The van der Waals surface area contributed by atoms with Crippen LogP contribution in [0.15, 0.2) is 0 Å². The molecule has 2 rings (SSSR count). The second-order valence-electron chi connectivity index (χ2n) is 5.67. The van der Waals surface area contributed by atoms with Gasteiger partial charge in [0, 0.05) is 13.1 Å². The molecule has 0 amide bonds. The first kappa shape index (κ1) is 12.3. The van der Waals surface area contributed by atoms with Gasteiger partial charge in [-0.15, -0.1) is 0 Å². The van der Waals surface area contributed by atoms with Gasteiger partial charge in [0.15, 0.2) is 0 Å². The number of aliphatic hydroxyl groups excluding tert-OH is 1. The van der Waals surface area contributed by atoms with E-state index in [1.54, 1.807) is 0 Å². The molecule has 0 heterocycles. The van der Waals surface area contributed by atoms with Gasteiger partial charge in [0.25, 0.3) is 0 Å². The van der Waals surface area contributed by atoms with E-state index in [4.69, 9.17) is 0 Å². The van der Waals surface area contributed by atoms with Crippen LogP contribution in [0.4, 0.5) is 0 Å². The Hall–Kier alpha value is -0.120. The van der Waals surface area contributed by atoms with Gasteiger partial charge < -0.3 is 15.5 Å². The number of nitrogens with one attached hydrogen (secondary N) is 1. The molecule has 2 atom stereocenters. The van der Waals surface area contributed by atoms with Crippen LogP contribution >= 0.6 is 0 Å². The average Bonchev–Trinajstić information content (AvgIpc) is 2.68. The van der Waals surface area contributed by atoms with Crippen molar-refractivity contribution in [2.75, 3.05) is 13.1 Å². The van der Waals surface area contributed by atoms with Gasteiger partial charge in [-0.25, -0.2) is 0 Å². The summed E-state index contributed by atoms with van der Waals surface area (Å²) in [5.74, 6) is 0.402. The average molecular weight is 227 g/mol. The number of aliphatic hydroxyl groups is 2. The van der Waals surface area contributed by atoms with Crippen molar-refractivity contribution in [3.8, 4) is 0 Å². The molecule has 3 N–H and O–H groups in total. The highest BCUT2D eigenvalue weighted by atomic mass is 16.3. The maximum absolute atomic E-state index is 10.2. The highest BCUT2D eigenvalue weighted by molar-refractivity contribution is 4.87. The fourth-order valence-corrected chi connectivity index (χ4v) is 3.13. The molecule has 2 saturated carbocycles. The van der Waals surface area contributed by atoms with Crippen molar-refractivity contribution in [2.24, 2.45) is 5.92 Å². The van der Waals surface area contributed by atoms with E-state index in [9.17, 15) is 10.2 Å². The summed E-state index contributed by atoms with van der Waals surface area (Å²) >= 11 is 0. The summed E-state index contributed by atoms with van der Waals surface area (Å²) in [6.45, 7) is 1.57. The monoisotopic (exact) mass is 227 g/mol. The normalized spacial score (nSPS) is 34.1. The summed E-state index contributed by atoms with van der Waals surface area (Å²) in [6.07, 6.45) is 8.56. The molecule has 0 aliphatic heterocycles. The molecule has 0 radical (unpaired) electrons. The number of hydrogen-bond acceptors (Lipinski definition) is 3. The lowest BCUT2D eigenvalue weighted by molar-refractivity contribution is 0.0369. The van der Waals surface area contributed by atoms with E-state index in [1.807, 2.05) is 0 Å². The third kappa shape index (κ3) is 3.19. The van der Waals surface area contributed by atoms with Crippen LogP contribution in [0, 0.1) is 5.92 Å². The molecular weight excluding hydrogens is 202 g/mol. The van der Waals surface area contributed by atoms with E-state index in [-0.39, 0.29) is 6.10 Å². The molecule has 2 fully saturated rings. The molecule has 3 heteroatoms. The fourth-order valence-electron chi connectivity index (χ4n) is 3.13. The Morgan fingerprint density at radius 2 is 1.75 bits per heavy atom. The number of hydrogen-bond donors (Lipinski definition) is 3. The van der Waals surface area contributed by atoms with Crippen molar-refractivity contribution in [1.29, 1.82) is 0 Å². The van der Waals surface area contributed by atoms with E-state index >= 15 is 0 Å². The third-order valence-corrected chi connectivity index (χ3v) is 4.26. The summed E-state index contributed by atoms with van der Waals surface area (Å²) < 4.78 is 0. The molecule has 0 aromatic carbocycles. The lowest BCUT2D eigenvalue weighted by atomic mass is 9.86. The minimum absolute atomic E-state index is 0.125. The maximum atomic E-state index is 10.2. The predicted molar refractivity (Wildman–Crippen MR) is 64.3 cm³/mol. The van der Waals surface area contributed by atoms with Crippen LogP contribution in [0.5, 0.6) is 0 Å². The first-order valence-corrected chi connectivity index (χ1v) is 6.81. The largest absolute Gasteiger partial charge is 0.393 e. The molecule has 16 heavy (non-hydrogen) atoms. The van der Waals surface area contributed by atoms with Crippen molar-refractivity contribution < 1.29 is 10.2 Å². The second kappa shape index (κ2) is 5.48. The topological polar surface area (TPSA) is 52.5 Å². The van der Waals surface area contributed by atoms with Gasteiger partial charge in [-0.05, 0) is 31.6 Å². The van der Waals surface area contributed by atoms with Crippen LogP contribution in [0.2, 0.25) is 0 Å². The van der Waals surface area contributed by atoms with Gasteiger partial charge in [0.2, 0.25) is 0 Å². The van der Waals surface area contributed by atoms with Crippen molar-refractivity contribution in [1.82, 2.24) is 5.32 Å². The van der Waals surface area contributed by atoms with E-state index in [1.165, 1.54) is 12.8 Å². The van der Waals surface area contributed by atoms with Crippen molar-refractivity contribution >= 4 is 0 Å². The van der Waals surface area contributed by atoms with Gasteiger partial charge in [0.1, 0.15) is 0 Å². The van der Waals surface area contributed by atoms with E-state index in [2.05, 4.69) is 5.32 Å². The first-order valence-electron chi connectivity index (χ1n) is 6.81. The third-order valence-electron chi connectivity index (χ3n) is 4.26. The smallest absolute Gasteiger partial charge is 0.0771 e. The van der Waals surface area contributed by atoms with Gasteiger partial charge in [0.05, 0.1) is 11.7 Å².